The highest BCUT2D eigenvalue weighted by Crippen LogP contribution is 2.35. The Kier molecular flexibility index (Phi) is 6.07. The van der Waals surface area contributed by atoms with Gasteiger partial charge in [0.15, 0.2) is 0 Å². The van der Waals surface area contributed by atoms with Crippen LogP contribution in [0, 0.1) is 11.7 Å². The van der Waals surface area contributed by atoms with Crippen LogP contribution in [0.25, 0.3) is 0 Å². The highest BCUT2D eigenvalue weighted by atomic mass is 19.1. The van der Waals surface area contributed by atoms with Crippen molar-refractivity contribution >= 4 is 0 Å². The number of unbranched alkanes of at least 4 members (excludes halogenated alkanes) is 1. The molecule has 0 N–H and O–H groups in total. The molecule has 0 heterocycles. The molecule has 0 saturated heterocycles. The van der Waals surface area contributed by atoms with Gasteiger partial charge in [0.1, 0.15) is 5.82 Å². The SMILES string of the molecule is CC1CCC(c2ccc(CCCCc3cccc(F)c3)cc2)CC1. The summed E-state index contributed by atoms with van der Waals surface area (Å²) in [5, 5.41) is 0. The van der Waals surface area contributed by atoms with Crippen molar-refractivity contribution in [2.24, 2.45) is 5.92 Å². The first kappa shape index (κ1) is 17.2. The van der Waals surface area contributed by atoms with E-state index in [4.69, 9.17) is 0 Å². The molecule has 0 radical (unpaired) electrons. The molecule has 24 heavy (non-hydrogen) atoms. The van der Waals surface area contributed by atoms with Gasteiger partial charge in [-0.15, -0.1) is 0 Å². The van der Waals surface area contributed by atoms with E-state index >= 15 is 0 Å². The lowest BCUT2D eigenvalue weighted by atomic mass is 9.79. The van der Waals surface area contributed by atoms with Gasteiger partial charge in [0, 0.05) is 0 Å². The molecule has 0 unspecified atom stereocenters. The molecule has 1 fully saturated rings. The molecule has 0 bridgehead atoms. The summed E-state index contributed by atoms with van der Waals surface area (Å²) >= 11 is 0. The second kappa shape index (κ2) is 8.46. The van der Waals surface area contributed by atoms with Crippen LogP contribution in [0.5, 0.6) is 0 Å². The first-order chi connectivity index (χ1) is 11.7. The Hall–Kier alpha value is -1.63. The van der Waals surface area contributed by atoms with Gasteiger partial charge < -0.3 is 0 Å². The van der Waals surface area contributed by atoms with E-state index in [1.54, 1.807) is 12.1 Å². The number of rotatable bonds is 6. The minimum atomic E-state index is -0.125. The third-order valence-electron chi connectivity index (χ3n) is 5.54. The van der Waals surface area contributed by atoms with Crippen molar-refractivity contribution in [3.8, 4) is 0 Å². The fourth-order valence-corrected chi connectivity index (χ4v) is 3.90. The molecule has 1 saturated carbocycles. The first-order valence-corrected chi connectivity index (χ1v) is 9.54. The van der Waals surface area contributed by atoms with E-state index in [-0.39, 0.29) is 5.82 Å². The quantitative estimate of drug-likeness (QED) is 0.520. The smallest absolute Gasteiger partial charge is 0.123 e. The van der Waals surface area contributed by atoms with Crippen LogP contribution in [0.2, 0.25) is 0 Å². The van der Waals surface area contributed by atoms with Gasteiger partial charge in [-0.3, -0.25) is 0 Å². The van der Waals surface area contributed by atoms with Crippen LogP contribution in [-0.4, -0.2) is 0 Å². The minimum absolute atomic E-state index is 0.125. The summed E-state index contributed by atoms with van der Waals surface area (Å²) in [6.45, 7) is 2.38. The predicted octanol–water partition coefficient (Wildman–Crippen LogP) is 6.68. The van der Waals surface area contributed by atoms with Crippen LogP contribution >= 0.6 is 0 Å². The van der Waals surface area contributed by atoms with Crippen molar-refractivity contribution in [2.45, 2.75) is 64.2 Å². The third kappa shape index (κ3) is 4.93. The highest BCUT2D eigenvalue weighted by Gasteiger charge is 2.19. The summed E-state index contributed by atoms with van der Waals surface area (Å²) in [4.78, 5) is 0. The molecule has 3 rings (SSSR count). The predicted molar refractivity (Wildman–Crippen MR) is 99.9 cm³/mol. The average molecular weight is 324 g/mol. The van der Waals surface area contributed by atoms with Crippen molar-refractivity contribution in [2.75, 3.05) is 0 Å². The summed E-state index contributed by atoms with van der Waals surface area (Å²) in [6, 6.07) is 16.3. The Balaban J connectivity index is 1.43. The molecule has 0 spiro atoms. The maximum atomic E-state index is 13.2. The maximum Gasteiger partial charge on any atom is 0.123 e. The second-order valence-electron chi connectivity index (χ2n) is 7.54. The molecule has 1 aliphatic carbocycles. The van der Waals surface area contributed by atoms with Gasteiger partial charge in [0.05, 0.1) is 0 Å². The lowest BCUT2D eigenvalue weighted by Gasteiger charge is -2.26. The van der Waals surface area contributed by atoms with Crippen molar-refractivity contribution in [1.29, 1.82) is 0 Å². The van der Waals surface area contributed by atoms with Gasteiger partial charge in [0.2, 0.25) is 0 Å². The fourth-order valence-electron chi connectivity index (χ4n) is 3.90. The third-order valence-corrected chi connectivity index (χ3v) is 5.54. The van der Waals surface area contributed by atoms with Crippen molar-refractivity contribution in [3.05, 3.63) is 71.0 Å². The lowest BCUT2D eigenvalue weighted by molar-refractivity contribution is 0.348. The van der Waals surface area contributed by atoms with Crippen LogP contribution in [0.15, 0.2) is 48.5 Å². The molecule has 1 heteroatoms. The number of hydrogen-bond acceptors (Lipinski definition) is 0. The molecule has 0 aliphatic heterocycles. The zero-order valence-electron chi connectivity index (χ0n) is 14.8. The second-order valence-corrected chi connectivity index (χ2v) is 7.54. The van der Waals surface area contributed by atoms with Crippen LogP contribution < -0.4 is 0 Å². The molecular weight excluding hydrogens is 295 g/mol. The Morgan fingerprint density at radius 1 is 0.833 bits per heavy atom. The van der Waals surface area contributed by atoms with Crippen LogP contribution in [0.4, 0.5) is 4.39 Å². The Morgan fingerprint density at radius 3 is 2.17 bits per heavy atom. The fraction of sp³-hybridized carbons (Fsp3) is 0.478. The van der Waals surface area contributed by atoms with E-state index in [2.05, 4.69) is 31.2 Å². The molecular formula is C23H29F. The summed E-state index contributed by atoms with van der Waals surface area (Å²) in [7, 11) is 0. The van der Waals surface area contributed by atoms with Crippen molar-refractivity contribution in [1.82, 2.24) is 0 Å². The lowest BCUT2D eigenvalue weighted by Crippen LogP contribution is -2.10. The number of aryl methyl sites for hydroxylation is 2. The number of hydrogen-bond donors (Lipinski definition) is 0. The highest BCUT2D eigenvalue weighted by molar-refractivity contribution is 5.26. The molecule has 0 amide bonds. The maximum absolute atomic E-state index is 13.2. The summed E-state index contributed by atoms with van der Waals surface area (Å²) < 4.78 is 13.2. The molecule has 0 atom stereocenters. The van der Waals surface area contributed by atoms with Gasteiger partial charge in [-0.1, -0.05) is 56.2 Å². The largest absolute Gasteiger partial charge is 0.207 e. The molecule has 2 aromatic carbocycles. The van der Waals surface area contributed by atoms with E-state index < -0.39 is 0 Å². The van der Waals surface area contributed by atoms with Gasteiger partial charge in [-0.25, -0.2) is 4.39 Å². The minimum Gasteiger partial charge on any atom is -0.207 e. The van der Waals surface area contributed by atoms with E-state index in [0.717, 1.165) is 43.1 Å². The molecule has 128 valence electrons. The van der Waals surface area contributed by atoms with Crippen LogP contribution in [0.3, 0.4) is 0 Å². The summed E-state index contributed by atoms with van der Waals surface area (Å²) in [5.74, 6) is 1.57. The van der Waals surface area contributed by atoms with Crippen LogP contribution in [0.1, 0.15) is 68.1 Å². The molecule has 0 aromatic heterocycles. The normalized spacial score (nSPS) is 20.9. The standard InChI is InChI=1S/C23H29F/c1-18-9-13-21(14-10-18)22-15-11-19(12-16-22)5-2-3-6-20-7-4-8-23(24)17-20/h4,7-8,11-12,15-18,21H,2-3,5-6,9-10,13-14H2,1H3. The van der Waals surface area contributed by atoms with Crippen molar-refractivity contribution < 1.29 is 4.39 Å². The zero-order valence-corrected chi connectivity index (χ0v) is 14.8. The number of halogens is 1. The summed E-state index contributed by atoms with van der Waals surface area (Å²) in [5.41, 5.74) is 4.07. The molecule has 1 aliphatic rings. The first-order valence-electron chi connectivity index (χ1n) is 9.54. The Bertz CT molecular complexity index is 621. The summed E-state index contributed by atoms with van der Waals surface area (Å²) in [6.07, 6.45) is 9.84. The van der Waals surface area contributed by atoms with Gasteiger partial charge in [0.25, 0.3) is 0 Å². The van der Waals surface area contributed by atoms with Gasteiger partial charge in [-0.2, -0.15) is 0 Å². The Labute approximate surface area is 146 Å². The van der Waals surface area contributed by atoms with E-state index in [1.807, 2.05) is 6.07 Å². The number of benzene rings is 2. The van der Waals surface area contributed by atoms with E-state index in [9.17, 15) is 4.39 Å². The van der Waals surface area contributed by atoms with Gasteiger partial charge >= 0.3 is 0 Å². The van der Waals surface area contributed by atoms with Gasteiger partial charge in [-0.05, 0) is 79.2 Å². The van der Waals surface area contributed by atoms with Crippen molar-refractivity contribution in [3.63, 3.8) is 0 Å². The van der Waals surface area contributed by atoms with E-state index in [0.29, 0.717) is 0 Å². The average Bonchev–Trinajstić information content (AvgIpc) is 2.60. The zero-order chi connectivity index (χ0) is 16.8. The molecule has 2 aromatic rings. The Morgan fingerprint density at radius 2 is 1.50 bits per heavy atom. The monoisotopic (exact) mass is 324 g/mol. The molecule has 0 nitrogen and oxygen atoms in total. The van der Waals surface area contributed by atoms with Crippen LogP contribution in [-0.2, 0) is 12.8 Å². The van der Waals surface area contributed by atoms with E-state index in [1.165, 1.54) is 42.9 Å². The topological polar surface area (TPSA) is 0 Å².